The number of benzene rings is 3. The van der Waals surface area contributed by atoms with Gasteiger partial charge in [0.2, 0.25) is 5.91 Å². The fourth-order valence-electron chi connectivity index (χ4n) is 6.15. The summed E-state index contributed by atoms with van der Waals surface area (Å²) in [5, 5.41) is 20.8. The number of amides is 1. The quantitative estimate of drug-likeness (QED) is 0.220. The van der Waals surface area contributed by atoms with E-state index >= 15 is 0 Å². The molecule has 1 amide bonds. The van der Waals surface area contributed by atoms with Gasteiger partial charge in [0.15, 0.2) is 0 Å². The van der Waals surface area contributed by atoms with Crippen molar-refractivity contribution in [3.63, 3.8) is 0 Å². The molecule has 2 aliphatic rings. The average Bonchev–Trinajstić information content (AvgIpc) is 3.74. The number of aliphatic carboxylic acids is 1. The lowest BCUT2D eigenvalue weighted by Crippen LogP contribution is -2.38. The first-order chi connectivity index (χ1) is 20.9. The van der Waals surface area contributed by atoms with Gasteiger partial charge >= 0.3 is 5.97 Å². The van der Waals surface area contributed by atoms with E-state index in [0.29, 0.717) is 25.2 Å². The Morgan fingerprint density at radius 3 is 2.58 bits per heavy atom. The van der Waals surface area contributed by atoms with Gasteiger partial charge in [0, 0.05) is 28.1 Å². The molecule has 0 saturated carbocycles. The summed E-state index contributed by atoms with van der Waals surface area (Å²) in [6, 6.07) is 18.8. The normalized spacial score (nSPS) is 17.2. The number of hydrogen-bond donors (Lipinski definition) is 2. The minimum absolute atomic E-state index is 0.154. The number of methoxy groups -OCH3 is 1. The van der Waals surface area contributed by atoms with E-state index in [4.69, 9.17) is 9.47 Å². The van der Waals surface area contributed by atoms with Crippen LogP contribution < -0.4 is 9.47 Å². The number of thiophene rings is 1. The third-order valence-electron chi connectivity index (χ3n) is 8.45. The molecule has 4 aromatic rings. The molecule has 0 spiro atoms. The lowest BCUT2D eigenvalue weighted by molar-refractivity contribution is -0.146. The molecular weight excluding hydrogens is 564 g/mol. The van der Waals surface area contributed by atoms with Gasteiger partial charge in [-0.1, -0.05) is 12.1 Å². The number of carbonyl (C=O) groups is 2. The van der Waals surface area contributed by atoms with Gasteiger partial charge in [-0.15, -0.1) is 11.3 Å². The van der Waals surface area contributed by atoms with Crippen LogP contribution in [0.15, 0.2) is 60.7 Å². The minimum atomic E-state index is -0.981. The second-order valence-electron chi connectivity index (χ2n) is 11.2. The van der Waals surface area contributed by atoms with Crippen LogP contribution in [-0.4, -0.2) is 71.3 Å². The number of likely N-dealkylation sites (tertiary alicyclic amines) is 2. The molecule has 3 aromatic carbocycles. The minimum Gasteiger partial charge on any atom is -0.508 e. The Bertz CT molecular complexity index is 1630. The van der Waals surface area contributed by atoms with Crippen molar-refractivity contribution >= 4 is 33.3 Å². The van der Waals surface area contributed by atoms with E-state index in [0.717, 1.165) is 62.6 Å². The molecule has 2 N–H and O–H groups in total. The van der Waals surface area contributed by atoms with Gasteiger partial charge in [0.05, 0.1) is 13.7 Å². The summed E-state index contributed by atoms with van der Waals surface area (Å²) in [6.45, 7) is 4.13. The smallest absolute Gasteiger partial charge is 0.326 e. The molecule has 9 heteroatoms. The number of hydrogen-bond acceptors (Lipinski definition) is 7. The fraction of sp³-hybridized carbons (Fsp3) is 0.353. The lowest BCUT2D eigenvalue weighted by atomic mass is 9.97. The Kier molecular flexibility index (Phi) is 8.54. The van der Waals surface area contributed by atoms with Crippen molar-refractivity contribution in [2.24, 2.45) is 0 Å². The molecule has 0 bridgehead atoms. The molecule has 2 fully saturated rings. The SMILES string of the molecule is COc1cc(Cc2c(-c3ccc(OCCN4CCCC4)cc3)sc3cc(O)ccc23)ccc1CN1C(=O)CCC1C(=O)O. The summed E-state index contributed by atoms with van der Waals surface area (Å²) in [5.41, 5.74) is 4.03. The van der Waals surface area contributed by atoms with Crippen LogP contribution in [0.2, 0.25) is 0 Å². The molecule has 6 rings (SSSR count). The molecule has 3 heterocycles. The van der Waals surface area contributed by atoms with Gasteiger partial charge in [-0.3, -0.25) is 9.69 Å². The molecule has 43 heavy (non-hydrogen) atoms. The van der Waals surface area contributed by atoms with Crippen molar-refractivity contribution in [3.8, 4) is 27.7 Å². The van der Waals surface area contributed by atoms with Gasteiger partial charge in [-0.05, 0) is 109 Å². The number of phenolic OH excluding ortho intramolecular Hbond substituents is 1. The number of carboxylic acid groups (broad SMARTS) is 1. The number of carbonyl (C=O) groups excluding carboxylic acids is 1. The molecule has 0 aliphatic carbocycles. The highest BCUT2D eigenvalue weighted by atomic mass is 32.1. The van der Waals surface area contributed by atoms with Crippen molar-refractivity contribution in [2.45, 2.75) is 44.7 Å². The second-order valence-corrected chi connectivity index (χ2v) is 12.3. The number of rotatable bonds is 11. The highest BCUT2D eigenvalue weighted by molar-refractivity contribution is 7.22. The van der Waals surface area contributed by atoms with Crippen molar-refractivity contribution in [1.29, 1.82) is 0 Å². The number of ether oxygens (including phenoxy) is 2. The van der Waals surface area contributed by atoms with Crippen LogP contribution in [0.25, 0.3) is 20.5 Å². The lowest BCUT2D eigenvalue weighted by Gasteiger charge is -2.23. The van der Waals surface area contributed by atoms with E-state index < -0.39 is 12.0 Å². The first kappa shape index (κ1) is 29.0. The van der Waals surface area contributed by atoms with E-state index in [9.17, 15) is 19.8 Å². The molecule has 8 nitrogen and oxygen atoms in total. The van der Waals surface area contributed by atoms with Gasteiger partial charge in [0.25, 0.3) is 0 Å². The predicted octanol–water partition coefficient (Wildman–Crippen LogP) is 5.92. The summed E-state index contributed by atoms with van der Waals surface area (Å²) in [4.78, 5) is 29.1. The molecule has 1 unspecified atom stereocenters. The van der Waals surface area contributed by atoms with Gasteiger partial charge in [-0.2, -0.15) is 0 Å². The Labute approximate surface area is 255 Å². The predicted molar refractivity (Wildman–Crippen MR) is 167 cm³/mol. The molecule has 2 aliphatic heterocycles. The zero-order valence-corrected chi connectivity index (χ0v) is 25.1. The van der Waals surface area contributed by atoms with Gasteiger partial charge in [0.1, 0.15) is 29.9 Å². The van der Waals surface area contributed by atoms with Crippen LogP contribution in [-0.2, 0) is 22.6 Å². The van der Waals surface area contributed by atoms with E-state index in [1.165, 1.54) is 17.7 Å². The first-order valence-corrected chi connectivity index (χ1v) is 15.6. The fourth-order valence-corrected chi connectivity index (χ4v) is 7.41. The van der Waals surface area contributed by atoms with E-state index in [1.807, 2.05) is 36.4 Å². The topological polar surface area (TPSA) is 99.5 Å². The van der Waals surface area contributed by atoms with Crippen LogP contribution >= 0.6 is 11.3 Å². The summed E-state index contributed by atoms with van der Waals surface area (Å²) in [7, 11) is 1.59. The third kappa shape index (κ3) is 6.33. The third-order valence-corrected chi connectivity index (χ3v) is 9.70. The van der Waals surface area contributed by atoms with Crippen molar-refractivity contribution < 1.29 is 29.3 Å². The largest absolute Gasteiger partial charge is 0.508 e. The molecule has 1 aromatic heterocycles. The van der Waals surface area contributed by atoms with Crippen molar-refractivity contribution in [3.05, 3.63) is 77.4 Å². The Morgan fingerprint density at radius 2 is 1.84 bits per heavy atom. The summed E-state index contributed by atoms with van der Waals surface area (Å²) >= 11 is 1.65. The molecule has 1 atom stereocenters. The summed E-state index contributed by atoms with van der Waals surface area (Å²) in [5.74, 6) is 0.571. The van der Waals surface area contributed by atoms with Crippen LogP contribution in [0.1, 0.15) is 42.4 Å². The van der Waals surface area contributed by atoms with Crippen molar-refractivity contribution in [1.82, 2.24) is 9.80 Å². The molecule has 0 radical (unpaired) electrons. The summed E-state index contributed by atoms with van der Waals surface area (Å²) in [6.07, 6.45) is 3.74. The van der Waals surface area contributed by atoms with Gasteiger partial charge in [-0.25, -0.2) is 4.79 Å². The molecule has 224 valence electrons. The number of phenols is 1. The zero-order chi connectivity index (χ0) is 29.9. The van der Waals surface area contributed by atoms with E-state index in [2.05, 4.69) is 17.0 Å². The number of fused-ring (bicyclic) bond motifs is 1. The number of carboxylic acids is 1. The average molecular weight is 601 g/mol. The Morgan fingerprint density at radius 1 is 1.05 bits per heavy atom. The van der Waals surface area contributed by atoms with Crippen LogP contribution in [0.4, 0.5) is 0 Å². The Balaban J connectivity index is 1.25. The monoisotopic (exact) mass is 600 g/mol. The van der Waals surface area contributed by atoms with E-state index in [1.54, 1.807) is 30.6 Å². The van der Waals surface area contributed by atoms with Crippen LogP contribution in [0, 0.1) is 0 Å². The van der Waals surface area contributed by atoms with Crippen LogP contribution in [0.5, 0.6) is 17.2 Å². The van der Waals surface area contributed by atoms with E-state index in [-0.39, 0.29) is 24.6 Å². The van der Waals surface area contributed by atoms with Crippen molar-refractivity contribution in [2.75, 3.05) is 33.4 Å². The highest BCUT2D eigenvalue weighted by Crippen LogP contribution is 2.42. The van der Waals surface area contributed by atoms with Crippen LogP contribution in [0.3, 0.4) is 0 Å². The second kappa shape index (κ2) is 12.7. The maximum Gasteiger partial charge on any atom is 0.326 e. The number of aromatic hydroxyl groups is 1. The Hall–Kier alpha value is -4.08. The standard InChI is InChI=1S/C34H36N2O6S/c1-41-30-19-22(4-5-24(30)21-36-29(34(39)40)12-13-32(36)38)18-28-27-11-8-25(37)20-31(27)43-33(28)23-6-9-26(10-7-23)42-17-16-35-14-2-3-15-35/h4-11,19-20,29,37H,2-3,12-18,21H2,1H3,(H,39,40). The molecule has 2 saturated heterocycles. The number of nitrogens with zero attached hydrogens (tertiary/aromatic N) is 2. The maximum atomic E-state index is 12.4. The first-order valence-electron chi connectivity index (χ1n) is 14.8. The zero-order valence-electron chi connectivity index (χ0n) is 24.3. The van der Waals surface area contributed by atoms with Gasteiger partial charge < -0.3 is 24.6 Å². The highest BCUT2D eigenvalue weighted by Gasteiger charge is 2.36. The molecular formula is C34H36N2O6S. The maximum absolute atomic E-state index is 12.4. The summed E-state index contributed by atoms with van der Waals surface area (Å²) < 4.78 is 12.7.